The van der Waals surface area contributed by atoms with Gasteiger partial charge < -0.3 is 5.32 Å². The van der Waals surface area contributed by atoms with Gasteiger partial charge in [0, 0.05) is 24.2 Å². The maximum Gasteiger partial charge on any atom is 0.222 e. The van der Waals surface area contributed by atoms with Crippen molar-refractivity contribution in [2.75, 3.05) is 0 Å². The topological polar surface area (TPSA) is 42.0 Å². The Labute approximate surface area is 113 Å². The lowest BCUT2D eigenvalue weighted by atomic mass is 10.1. The van der Waals surface area contributed by atoms with Gasteiger partial charge in [0.15, 0.2) is 0 Å². The van der Waals surface area contributed by atoms with Crippen LogP contribution in [0.2, 0.25) is 0 Å². The highest BCUT2D eigenvalue weighted by molar-refractivity contribution is 5.77. The summed E-state index contributed by atoms with van der Waals surface area (Å²) >= 11 is 0. The van der Waals surface area contributed by atoms with E-state index in [-0.39, 0.29) is 11.8 Å². The Morgan fingerprint density at radius 3 is 2.47 bits per heavy atom. The smallest absolute Gasteiger partial charge is 0.222 e. The van der Waals surface area contributed by atoms with E-state index in [9.17, 15) is 4.79 Å². The Balaban J connectivity index is 2.01. The Morgan fingerprint density at radius 1 is 1.16 bits per heavy atom. The first-order valence-corrected chi connectivity index (χ1v) is 6.45. The summed E-state index contributed by atoms with van der Waals surface area (Å²) in [6.45, 7) is 4.35. The van der Waals surface area contributed by atoms with Crippen LogP contribution in [0.15, 0.2) is 48.7 Å². The molecular weight excluding hydrogens is 236 g/mol. The molecular formula is C16H18N2O. The number of pyridine rings is 1. The molecule has 0 spiro atoms. The molecule has 1 aromatic carbocycles. The number of nitrogens with zero attached hydrogens (tertiary/aromatic N) is 1. The van der Waals surface area contributed by atoms with Crippen molar-refractivity contribution < 1.29 is 4.79 Å². The Kier molecular flexibility index (Phi) is 4.29. The van der Waals surface area contributed by atoms with Crippen LogP contribution in [0.4, 0.5) is 0 Å². The molecule has 0 fully saturated rings. The SMILES string of the molecule is CC(C)C(=O)NCc1ccc(-c2ccccn2)cc1. The Hall–Kier alpha value is -2.16. The van der Waals surface area contributed by atoms with E-state index in [1.165, 1.54) is 0 Å². The van der Waals surface area contributed by atoms with Crippen LogP contribution in [0.25, 0.3) is 11.3 Å². The first-order chi connectivity index (χ1) is 9.16. The summed E-state index contributed by atoms with van der Waals surface area (Å²) in [5.41, 5.74) is 3.13. The summed E-state index contributed by atoms with van der Waals surface area (Å²) in [6.07, 6.45) is 1.78. The summed E-state index contributed by atoms with van der Waals surface area (Å²) in [5, 5.41) is 2.90. The maximum absolute atomic E-state index is 11.5. The second-order valence-corrected chi connectivity index (χ2v) is 4.78. The second kappa shape index (κ2) is 6.14. The van der Waals surface area contributed by atoms with Crippen LogP contribution in [-0.4, -0.2) is 10.9 Å². The fourth-order valence-electron chi connectivity index (χ4n) is 1.72. The van der Waals surface area contributed by atoms with Crippen molar-refractivity contribution in [1.82, 2.24) is 10.3 Å². The fraction of sp³-hybridized carbons (Fsp3) is 0.250. The van der Waals surface area contributed by atoms with Crippen LogP contribution >= 0.6 is 0 Å². The number of amides is 1. The third-order valence-corrected chi connectivity index (χ3v) is 2.91. The van der Waals surface area contributed by atoms with Gasteiger partial charge in [-0.1, -0.05) is 44.2 Å². The zero-order chi connectivity index (χ0) is 13.7. The van der Waals surface area contributed by atoms with E-state index in [4.69, 9.17) is 0 Å². The molecule has 0 atom stereocenters. The van der Waals surface area contributed by atoms with Crippen LogP contribution < -0.4 is 5.32 Å². The normalized spacial score (nSPS) is 10.5. The standard InChI is InChI=1S/C16H18N2O/c1-12(2)16(19)18-11-13-6-8-14(9-7-13)15-5-3-4-10-17-15/h3-10,12H,11H2,1-2H3,(H,18,19). The lowest BCUT2D eigenvalue weighted by molar-refractivity contribution is -0.124. The van der Waals surface area contributed by atoms with E-state index in [0.717, 1.165) is 16.8 Å². The van der Waals surface area contributed by atoms with Crippen LogP contribution in [0.5, 0.6) is 0 Å². The summed E-state index contributed by atoms with van der Waals surface area (Å²) in [7, 11) is 0. The van der Waals surface area contributed by atoms with Gasteiger partial charge in [0.2, 0.25) is 5.91 Å². The minimum atomic E-state index is 0.0211. The number of nitrogens with one attached hydrogen (secondary N) is 1. The van der Waals surface area contributed by atoms with Crippen molar-refractivity contribution in [1.29, 1.82) is 0 Å². The molecule has 3 heteroatoms. The van der Waals surface area contributed by atoms with Crippen molar-refractivity contribution in [2.24, 2.45) is 5.92 Å². The van der Waals surface area contributed by atoms with Gasteiger partial charge in [-0.3, -0.25) is 9.78 Å². The van der Waals surface area contributed by atoms with Gasteiger partial charge in [0.1, 0.15) is 0 Å². The number of rotatable bonds is 4. The van der Waals surface area contributed by atoms with Crippen molar-refractivity contribution in [3.63, 3.8) is 0 Å². The van der Waals surface area contributed by atoms with E-state index in [1.807, 2.05) is 56.3 Å². The number of hydrogen-bond acceptors (Lipinski definition) is 2. The quantitative estimate of drug-likeness (QED) is 0.911. The molecule has 1 N–H and O–H groups in total. The lowest BCUT2D eigenvalue weighted by Gasteiger charge is -2.08. The molecule has 0 aliphatic heterocycles. The molecule has 0 saturated heterocycles. The molecule has 0 bridgehead atoms. The van der Waals surface area contributed by atoms with E-state index < -0.39 is 0 Å². The molecule has 0 radical (unpaired) electrons. The number of aromatic nitrogens is 1. The minimum absolute atomic E-state index is 0.0211. The molecule has 0 aliphatic carbocycles. The highest BCUT2D eigenvalue weighted by Crippen LogP contribution is 2.16. The molecule has 3 nitrogen and oxygen atoms in total. The lowest BCUT2D eigenvalue weighted by Crippen LogP contribution is -2.27. The van der Waals surface area contributed by atoms with Gasteiger partial charge >= 0.3 is 0 Å². The van der Waals surface area contributed by atoms with Crippen LogP contribution in [0.3, 0.4) is 0 Å². The first kappa shape index (κ1) is 13.3. The molecule has 0 unspecified atom stereocenters. The second-order valence-electron chi connectivity index (χ2n) is 4.78. The molecule has 1 heterocycles. The highest BCUT2D eigenvalue weighted by Gasteiger charge is 2.05. The van der Waals surface area contributed by atoms with Crippen LogP contribution in [0.1, 0.15) is 19.4 Å². The largest absolute Gasteiger partial charge is 0.352 e. The predicted octanol–water partition coefficient (Wildman–Crippen LogP) is 3.02. The van der Waals surface area contributed by atoms with Gasteiger partial charge in [-0.2, -0.15) is 0 Å². The fourth-order valence-corrected chi connectivity index (χ4v) is 1.72. The first-order valence-electron chi connectivity index (χ1n) is 6.45. The third-order valence-electron chi connectivity index (χ3n) is 2.91. The summed E-state index contributed by atoms with van der Waals surface area (Å²) in [5.74, 6) is 0.0987. The van der Waals surface area contributed by atoms with Gasteiger partial charge in [-0.15, -0.1) is 0 Å². The average molecular weight is 254 g/mol. The van der Waals surface area contributed by atoms with Crippen LogP contribution in [0, 0.1) is 5.92 Å². The van der Waals surface area contributed by atoms with Gasteiger partial charge in [-0.25, -0.2) is 0 Å². The molecule has 19 heavy (non-hydrogen) atoms. The molecule has 1 amide bonds. The van der Waals surface area contributed by atoms with Gasteiger partial charge in [0.25, 0.3) is 0 Å². The van der Waals surface area contributed by atoms with Crippen molar-refractivity contribution >= 4 is 5.91 Å². The Bertz CT molecular complexity index is 532. The molecule has 2 aromatic rings. The number of hydrogen-bond donors (Lipinski definition) is 1. The maximum atomic E-state index is 11.5. The van der Waals surface area contributed by atoms with Crippen LogP contribution in [-0.2, 0) is 11.3 Å². The number of carbonyl (C=O) groups excluding carboxylic acids is 1. The molecule has 0 aliphatic rings. The monoisotopic (exact) mass is 254 g/mol. The van der Waals surface area contributed by atoms with E-state index in [1.54, 1.807) is 6.20 Å². The zero-order valence-electron chi connectivity index (χ0n) is 11.3. The van der Waals surface area contributed by atoms with Crippen molar-refractivity contribution in [3.8, 4) is 11.3 Å². The molecule has 0 saturated carbocycles. The average Bonchev–Trinajstić information content (AvgIpc) is 2.46. The molecule has 1 aromatic heterocycles. The van der Waals surface area contributed by atoms with Crippen molar-refractivity contribution in [3.05, 3.63) is 54.2 Å². The zero-order valence-corrected chi connectivity index (χ0v) is 11.3. The third kappa shape index (κ3) is 3.65. The van der Waals surface area contributed by atoms with E-state index in [2.05, 4.69) is 10.3 Å². The minimum Gasteiger partial charge on any atom is -0.352 e. The van der Waals surface area contributed by atoms with E-state index >= 15 is 0 Å². The predicted molar refractivity (Wildman–Crippen MR) is 76.4 cm³/mol. The van der Waals surface area contributed by atoms with Crippen molar-refractivity contribution in [2.45, 2.75) is 20.4 Å². The van der Waals surface area contributed by atoms with Gasteiger partial charge in [-0.05, 0) is 17.7 Å². The highest BCUT2D eigenvalue weighted by atomic mass is 16.1. The van der Waals surface area contributed by atoms with E-state index in [0.29, 0.717) is 6.54 Å². The molecule has 98 valence electrons. The number of benzene rings is 1. The Morgan fingerprint density at radius 2 is 1.89 bits per heavy atom. The number of carbonyl (C=O) groups is 1. The summed E-state index contributed by atoms with van der Waals surface area (Å²) < 4.78 is 0. The van der Waals surface area contributed by atoms with Gasteiger partial charge in [0.05, 0.1) is 5.69 Å². The molecule has 2 rings (SSSR count). The summed E-state index contributed by atoms with van der Waals surface area (Å²) in [4.78, 5) is 15.8. The summed E-state index contributed by atoms with van der Waals surface area (Å²) in [6, 6.07) is 13.9.